The lowest BCUT2D eigenvalue weighted by Gasteiger charge is -2.15. The Morgan fingerprint density at radius 3 is 2.65 bits per heavy atom. The number of likely N-dealkylation sites (N-methyl/N-ethyl adjacent to an activating group) is 1. The molecule has 0 radical (unpaired) electrons. The minimum Gasteiger partial charge on any atom is -0.299 e. The van der Waals surface area contributed by atoms with Crippen molar-refractivity contribution in [2.75, 3.05) is 20.1 Å². The number of benzene rings is 1. The Morgan fingerprint density at radius 2 is 2.06 bits per heavy atom. The van der Waals surface area contributed by atoms with Gasteiger partial charge in [-0.15, -0.1) is 0 Å². The second-order valence-electron chi connectivity index (χ2n) is 4.69. The van der Waals surface area contributed by atoms with E-state index in [1.54, 1.807) is 0 Å². The summed E-state index contributed by atoms with van der Waals surface area (Å²) >= 11 is 0. The number of hydrogen-bond acceptors (Lipinski definition) is 2. The average Bonchev–Trinajstić information content (AvgIpc) is 3.05. The molecule has 4 heteroatoms. The Kier molecular flexibility index (Phi) is 3.52. The lowest BCUT2D eigenvalue weighted by molar-refractivity contribution is 0.0943. The molecule has 0 aliphatic heterocycles. The molecule has 17 heavy (non-hydrogen) atoms. The fourth-order valence-corrected chi connectivity index (χ4v) is 1.81. The molecule has 0 heterocycles. The van der Waals surface area contributed by atoms with Gasteiger partial charge in [-0.2, -0.15) is 0 Å². The van der Waals surface area contributed by atoms with E-state index in [-0.39, 0.29) is 17.9 Å². The first-order valence-electron chi connectivity index (χ1n) is 5.73. The standard InChI is InChI=1S/C13H15F2NO/c1-16(7-9-2-3-9)8-13(17)10-4-5-11(14)12(15)6-10/h4-6,9H,2-3,7-8H2,1H3. The first-order chi connectivity index (χ1) is 8.06. The zero-order valence-corrected chi connectivity index (χ0v) is 9.75. The third-order valence-electron chi connectivity index (χ3n) is 2.92. The van der Waals surface area contributed by atoms with Crippen molar-refractivity contribution in [1.29, 1.82) is 0 Å². The second kappa shape index (κ2) is 4.92. The van der Waals surface area contributed by atoms with Gasteiger partial charge in [0.1, 0.15) is 0 Å². The molecule has 0 atom stereocenters. The van der Waals surface area contributed by atoms with Crippen LogP contribution in [-0.2, 0) is 0 Å². The Bertz CT molecular complexity index is 429. The highest BCUT2D eigenvalue weighted by Gasteiger charge is 2.23. The number of carbonyl (C=O) groups excluding carboxylic acids is 1. The number of rotatable bonds is 5. The van der Waals surface area contributed by atoms with Gasteiger partial charge in [0.15, 0.2) is 17.4 Å². The van der Waals surface area contributed by atoms with Crippen molar-refractivity contribution in [3.8, 4) is 0 Å². The Balaban J connectivity index is 1.95. The lowest BCUT2D eigenvalue weighted by Crippen LogP contribution is -2.28. The van der Waals surface area contributed by atoms with E-state index in [2.05, 4.69) is 0 Å². The van der Waals surface area contributed by atoms with Crippen LogP contribution in [0.1, 0.15) is 23.2 Å². The van der Waals surface area contributed by atoms with Gasteiger partial charge in [-0.3, -0.25) is 9.69 Å². The van der Waals surface area contributed by atoms with Crippen LogP contribution in [0.3, 0.4) is 0 Å². The molecular formula is C13H15F2NO. The molecule has 0 unspecified atom stereocenters. The van der Waals surface area contributed by atoms with Crippen molar-refractivity contribution in [2.45, 2.75) is 12.8 Å². The Morgan fingerprint density at radius 1 is 1.35 bits per heavy atom. The van der Waals surface area contributed by atoms with E-state index in [0.29, 0.717) is 5.92 Å². The van der Waals surface area contributed by atoms with Crippen LogP contribution in [0.15, 0.2) is 18.2 Å². The summed E-state index contributed by atoms with van der Waals surface area (Å²) in [4.78, 5) is 13.7. The molecule has 2 rings (SSSR count). The normalized spacial score (nSPS) is 15.3. The smallest absolute Gasteiger partial charge is 0.176 e. The number of halogens is 2. The van der Waals surface area contributed by atoms with Gasteiger partial charge in [0.05, 0.1) is 6.54 Å². The maximum Gasteiger partial charge on any atom is 0.176 e. The van der Waals surface area contributed by atoms with Crippen LogP contribution in [0, 0.1) is 17.6 Å². The Hall–Kier alpha value is -1.29. The molecule has 2 nitrogen and oxygen atoms in total. The van der Waals surface area contributed by atoms with E-state index in [0.717, 1.165) is 18.7 Å². The highest BCUT2D eigenvalue weighted by Crippen LogP contribution is 2.29. The van der Waals surface area contributed by atoms with Crippen LogP contribution in [0.4, 0.5) is 8.78 Å². The van der Waals surface area contributed by atoms with Crippen LogP contribution >= 0.6 is 0 Å². The number of hydrogen-bond donors (Lipinski definition) is 0. The van der Waals surface area contributed by atoms with Gasteiger partial charge in [0.25, 0.3) is 0 Å². The van der Waals surface area contributed by atoms with Gasteiger partial charge in [-0.25, -0.2) is 8.78 Å². The molecule has 1 aliphatic rings. The minimum atomic E-state index is -0.972. The summed E-state index contributed by atoms with van der Waals surface area (Å²) in [5, 5.41) is 0. The zero-order chi connectivity index (χ0) is 12.4. The van der Waals surface area contributed by atoms with E-state index in [4.69, 9.17) is 0 Å². The highest BCUT2D eigenvalue weighted by molar-refractivity contribution is 5.97. The molecule has 1 aromatic rings. The second-order valence-corrected chi connectivity index (χ2v) is 4.69. The summed E-state index contributed by atoms with van der Waals surface area (Å²) < 4.78 is 25.7. The molecule has 1 aliphatic carbocycles. The third kappa shape index (κ3) is 3.33. The first-order valence-corrected chi connectivity index (χ1v) is 5.73. The topological polar surface area (TPSA) is 20.3 Å². The summed E-state index contributed by atoms with van der Waals surface area (Å²) in [6.45, 7) is 1.15. The summed E-state index contributed by atoms with van der Waals surface area (Å²) in [5.74, 6) is -1.36. The van der Waals surface area contributed by atoms with Crippen molar-refractivity contribution >= 4 is 5.78 Å². The quantitative estimate of drug-likeness (QED) is 0.736. The summed E-state index contributed by atoms with van der Waals surface area (Å²) in [6, 6.07) is 3.28. The number of Topliss-reactive ketones (excluding diaryl/α,β-unsaturated/α-hetero) is 1. The molecule has 1 saturated carbocycles. The van der Waals surface area contributed by atoms with Crippen LogP contribution in [0.2, 0.25) is 0 Å². The molecule has 0 amide bonds. The minimum absolute atomic E-state index is 0.174. The highest BCUT2D eigenvalue weighted by atomic mass is 19.2. The van der Waals surface area contributed by atoms with Crippen molar-refractivity contribution in [2.24, 2.45) is 5.92 Å². The van der Waals surface area contributed by atoms with E-state index >= 15 is 0 Å². The predicted molar refractivity (Wildman–Crippen MR) is 60.9 cm³/mol. The molecule has 0 bridgehead atoms. The van der Waals surface area contributed by atoms with Gasteiger partial charge in [0.2, 0.25) is 0 Å². The molecule has 0 saturated heterocycles. The largest absolute Gasteiger partial charge is 0.299 e. The number of nitrogens with zero attached hydrogens (tertiary/aromatic N) is 1. The number of carbonyl (C=O) groups is 1. The average molecular weight is 239 g/mol. The van der Waals surface area contributed by atoms with Gasteiger partial charge in [0, 0.05) is 12.1 Å². The fraction of sp³-hybridized carbons (Fsp3) is 0.462. The Labute approximate surface area is 99.2 Å². The molecular weight excluding hydrogens is 224 g/mol. The van der Waals surface area contributed by atoms with Gasteiger partial charge in [-0.05, 0) is 44.0 Å². The van der Waals surface area contributed by atoms with E-state index in [9.17, 15) is 13.6 Å². The SMILES string of the molecule is CN(CC(=O)c1ccc(F)c(F)c1)CC1CC1. The van der Waals surface area contributed by atoms with Crippen molar-refractivity contribution in [3.63, 3.8) is 0 Å². The van der Waals surface area contributed by atoms with Gasteiger partial charge < -0.3 is 0 Å². The van der Waals surface area contributed by atoms with Crippen molar-refractivity contribution < 1.29 is 13.6 Å². The molecule has 1 aromatic carbocycles. The maximum atomic E-state index is 13.0. The summed E-state index contributed by atoms with van der Waals surface area (Å²) in [6.07, 6.45) is 2.45. The predicted octanol–water partition coefficient (Wildman–Crippen LogP) is 2.49. The van der Waals surface area contributed by atoms with Gasteiger partial charge >= 0.3 is 0 Å². The van der Waals surface area contributed by atoms with Crippen LogP contribution in [0.5, 0.6) is 0 Å². The molecule has 0 N–H and O–H groups in total. The fourth-order valence-electron chi connectivity index (χ4n) is 1.81. The monoisotopic (exact) mass is 239 g/mol. The van der Waals surface area contributed by atoms with Crippen molar-refractivity contribution in [1.82, 2.24) is 4.90 Å². The molecule has 0 aromatic heterocycles. The summed E-state index contributed by atoms with van der Waals surface area (Å²) in [5.41, 5.74) is 0.228. The van der Waals surface area contributed by atoms with E-state index in [1.807, 2.05) is 11.9 Å². The maximum absolute atomic E-state index is 13.0. The summed E-state index contributed by atoms with van der Waals surface area (Å²) in [7, 11) is 1.87. The van der Waals surface area contributed by atoms with Gasteiger partial charge in [-0.1, -0.05) is 0 Å². The molecule has 1 fully saturated rings. The molecule has 0 spiro atoms. The molecule has 92 valence electrons. The lowest BCUT2D eigenvalue weighted by atomic mass is 10.1. The first kappa shape index (κ1) is 12.2. The van der Waals surface area contributed by atoms with Crippen LogP contribution in [-0.4, -0.2) is 30.8 Å². The van der Waals surface area contributed by atoms with E-state index < -0.39 is 11.6 Å². The van der Waals surface area contributed by atoms with Crippen LogP contribution < -0.4 is 0 Å². The van der Waals surface area contributed by atoms with Crippen LogP contribution in [0.25, 0.3) is 0 Å². The third-order valence-corrected chi connectivity index (χ3v) is 2.92. The zero-order valence-electron chi connectivity index (χ0n) is 9.75. The number of ketones is 1. The van der Waals surface area contributed by atoms with E-state index in [1.165, 1.54) is 18.9 Å². The van der Waals surface area contributed by atoms with Crippen molar-refractivity contribution in [3.05, 3.63) is 35.4 Å².